The van der Waals surface area contributed by atoms with Crippen LogP contribution in [0.25, 0.3) is 0 Å². The van der Waals surface area contributed by atoms with Crippen LogP contribution in [0.1, 0.15) is 75.7 Å². The third kappa shape index (κ3) is 5.37. The molecule has 1 spiro atoms. The monoisotopic (exact) mass is 388 g/mol. The molecule has 158 valence electrons. The van der Waals surface area contributed by atoms with Crippen LogP contribution < -0.4 is 5.32 Å². The molecule has 1 saturated carbocycles. The molecule has 0 atom stereocenters. The number of carbonyl (C=O) groups excluding carboxylic acids is 1. The van der Waals surface area contributed by atoms with Gasteiger partial charge in [0, 0.05) is 30.9 Å². The van der Waals surface area contributed by atoms with Crippen LogP contribution in [0.15, 0.2) is 0 Å². The molecule has 2 aliphatic rings. The smallest absolute Gasteiger partial charge is 0.224 e. The van der Waals surface area contributed by atoms with Gasteiger partial charge in [-0.2, -0.15) is 5.10 Å². The summed E-state index contributed by atoms with van der Waals surface area (Å²) in [6.45, 7) is 13.5. The second kappa shape index (κ2) is 9.43. The number of likely N-dealkylation sites (tertiary alicyclic amines) is 1. The normalized spacial score (nSPS) is 20.0. The van der Waals surface area contributed by atoms with E-state index < -0.39 is 0 Å². The summed E-state index contributed by atoms with van der Waals surface area (Å²) in [6, 6.07) is 0. The van der Waals surface area contributed by atoms with E-state index in [1.165, 1.54) is 58.0 Å². The minimum atomic E-state index is 0.121. The first-order valence-corrected chi connectivity index (χ1v) is 11.4. The van der Waals surface area contributed by atoms with Crippen LogP contribution in [-0.2, 0) is 17.8 Å². The zero-order chi connectivity index (χ0) is 20.1. The summed E-state index contributed by atoms with van der Waals surface area (Å²) in [5.41, 5.74) is 3.87. The number of nitrogens with one attached hydrogen (secondary N) is 1. The minimum Gasteiger partial charge on any atom is -0.355 e. The SMILES string of the molecule is Cc1nn(CC(C)C)c(C)c1CC(=O)NCCN1CCC2(CCCCC2)CC1. The average molecular weight is 389 g/mol. The van der Waals surface area contributed by atoms with Gasteiger partial charge in [-0.05, 0) is 64.0 Å². The van der Waals surface area contributed by atoms with E-state index in [2.05, 4.69) is 40.8 Å². The first-order valence-electron chi connectivity index (χ1n) is 11.4. The van der Waals surface area contributed by atoms with Crippen LogP contribution in [0, 0.1) is 25.2 Å². The van der Waals surface area contributed by atoms with Crippen molar-refractivity contribution < 1.29 is 4.79 Å². The molecule has 28 heavy (non-hydrogen) atoms. The van der Waals surface area contributed by atoms with Gasteiger partial charge in [-0.25, -0.2) is 0 Å². The van der Waals surface area contributed by atoms with E-state index in [-0.39, 0.29) is 5.91 Å². The van der Waals surface area contributed by atoms with E-state index >= 15 is 0 Å². The van der Waals surface area contributed by atoms with Crippen molar-refractivity contribution in [2.45, 2.75) is 85.6 Å². The molecule has 1 aromatic heterocycles. The van der Waals surface area contributed by atoms with Gasteiger partial charge in [-0.1, -0.05) is 33.1 Å². The lowest BCUT2D eigenvalue weighted by atomic mass is 9.68. The van der Waals surface area contributed by atoms with Gasteiger partial charge >= 0.3 is 0 Å². The van der Waals surface area contributed by atoms with Crippen molar-refractivity contribution in [1.29, 1.82) is 0 Å². The topological polar surface area (TPSA) is 50.2 Å². The fourth-order valence-corrected chi connectivity index (χ4v) is 5.14. The number of aryl methyl sites for hydroxylation is 1. The number of rotatable bonds is 7. The lowest BCUT2D eigenvalue weighted by Crippen LogP contribution is -2.44. The highest BCUT2D eigenvalue weighted by Crippen LogP contribution is 2.44. The highest BCUT2D eigenvalue weighted by molar-refractivity contribution is 5.79. The highest BCUT2D eigenvalue weighted by Gasteiger charge is 2.35. The van der Waals surface area contributed by atoms with Crippen molar-refractivity contribution in [2.75, 3.05) is 26.2 Å². The molecule has 1 aliphatic heterocycles. The Labute approximate surface area is 171 Å². The van der Waals surface area contributed by atoms with Crippen LogP contribution in [0.5, 0.6) is 0 Å². The Morgan fingerprint density at radius 2 is 1.79 bits per heavy atom. The summed E-state index contributed by atoms with van der Waals surface area (Å²) < 4.78 is 2.05. The van der Waals surface area contributed by atoms with E-state index in [0.29, 0.717) is 17.8 Å². The van der Waals surface area contributed by atoms with Crippen LogP contribution in [-0.4, -0.2) is 46.8 Å². The molecule has 0 radical (unpaired) electrons. The van der Waals surface area contributed by atoms with Crippen molar-refractivity contribution in [3.63, 3.8) is 0 Å². The van der Waals surface area contributed by atoms with Gasteiger partial charge in [0.25, 0.3) is 0 Å². The van der Waals surface area contributed by atoms with E-state index in [0.717, 1.165) is 36.6 Å². The molecule has 2 fully saturated rings. The largest absolute Gasteiger partial charge is 0.355 e. The van der Waals surface area contributed by atoms with Crippen LogP contribution in [0.3, 0.4) is 0 Å². The van der Waals surface area contributed by atoms with Crippen molar-refractivity contribution in [3.8, 4) is 0 Å². The Morgan fingerprint density at radius 1 is 1.11 bits per heavy atom. The molecule has 1 N–H and O–H groups in total. The predicted octanol–water partition coefficient (Wildman–Crippen LogP) is 3.86. The summed E-state index contributed by atoms with van der Waals surface area (Å²) in [5.74, 6) is 0.674. The zero-order valence-corrected chi connectivity index (χ0v) is 18.5. The van der Waals surface area contributed by atoms with Crippen LogP contribution in [0.4, 0.5) is 0 Å². The Bertz CT molecular complexity index is 648. The molecular weight excluding hydrogens is 348 g/mol. The van der Waals surface area contributed by atoms with E-state index in [9.17, 15) is 4.79 Å². The maximum Gasteiger partial charge on any atom is 0.224 e. The first kappa shape index (κ1) is 21.4. The number of amides is 1. The maximum absolute atomic E-state index is 12.5. The van der Waals surface area contributed by atoms with Crippen LogP contribution >= 0.6 is 0 Å². The molecule has 2 heterocycles. The molecule has 5 heteroatoms. The number of aromatic nitrogens is 2. The molecule has 5 nitrogen and oxygen atoms in total. The van der Waals surface area contributed by atoms with Crippen molar-refractivity contribution in [3.05, 3.63) is 17.0 Å². The first-order chi connectivity index (χ1) is 13.4. The molecule has 1 aromatic rings. The molecule has 1 amide bonds. The quantitative estimate of drug-likeness (QED) is 0.772. The number of hydrogen-bond donors (Lipinski definition) is 1. The summed E-state index contributed by atoms with van der Waals surface area (Å²) in [5, 5.41) is 7.76. The maximum atomic E-state index is 12.5. The van der Waals surface area contributed by atoms with E-state index in [4.69, 9.17) is 0 Å². The predicted molar refractivity (Wildman–Crippen MR) is 114 cm³/mol. The molecule has 0 unspecified atom stereocenters. The van der Waals surface area contributed by atoms with Gasteiger partial charge < -0.3 is 10.2 Å². The fraction of sp³-hybridized carbons (Fsp3) is 0.826. The fourth-order valence-electron chi connectivity index (χ4n) is 5.14. The van der Waals surface area contributed by atoms with Gasteiger partial charge in [0.15, 0.2) is 0 Å². The minimum absolute atomic E-state index is 0.121. The Kier molecular flexibility index (Phi) is 7.19. The van der Waals surface area contributed by atoms with Crippen molar-refractivity contribution in [2.24, 2.45) is 11.3 Å². The van der Waals surface area contributed by atoms with Gasteiger partial charge in [-0.15, -0.1) is 0 Å². The number of nitrogens with zero attached hydrogens (tertiary/aromatic N) is 3. The van der Waals surface area contributed by atoms with Gasteiger partial charge in [0.05, 0.1) is 12.1 Å². The average Bonchev–Trinajstić information content (AvgIpc) is 2.91. The van der Waals surface area contributed by atoms with Crippen molar-refractivity contribution in [1.82, 2.24) is 20.0 Å². The Morgan fingerprint density at radius 3 is 2.43 bits per heavy atom. The molecule has 1 aliphatic carbocycles. The van der Waals surface area contributed by atoms with E-state index in [1.807, 2.05) is 6.92 Å². The third-order valence-corrected chi connectivity index (χ3v) is 6.99. The lowest BCUT2D eigenvalue weighted by molar-refractivity contribution is -0.120. The molecular formula is C23H40N4O. The van der Waals surface area contributed by atoms with Gasteiger partial charge in [0.2, 0.25) is 5.91 Å². The summed E-state index contributed by atoms with van der Waals surface area (Å²) >= 11 is 0. The van der Waals surface area contributed by atoms with E-state index in [1.54, 1.807) is 0 Å². The lowest BCUT2D eigenvalue weighted by Gasteiger charge is -2.44. The van der Waals surface area contributed by atoms with Crippen molar-refractivity contribution >= 4 is 5.91 Å². The van der Waals surface area contributed by atoms with Crippen LogP contribution in [0.2, 0.25) is 0 Å². The molecule has 3 rings (SSSR count). The summed E-state index contributed by atoms with van der Waals surface area (Å²) in [4.78, 5) is 15.0. The second-order valence-corrected chi connectivity index (χ2v) is 9.65. The summed E-state index contributed by atoms with van der Waals surface area (Å²) in [6.07, 6.45) is 10.3. The van der Waals surface area contributed by atoms with Gasteiger partial charge in [0.1, 0.15) is 0 Å². The third-order valence-electron chi connectivity index (χ3n) is 6.99. The van der Waals surface area contributed by atoms with Gasteiger partial charge in [-0.3, -0.25) is 9.48 Å². The Balaban J connectivity index is 1.40. The molecule has 1 saturated heterocycles. The number of hydrogen-bond acceptors (Lipinski definition) is 3. The number of carbonyl (C=O) groups is 1. The standard InChI is InChI=1S/C23H40N4O/c1-18(2)17-27-20(4)21(19(3)25-27)16-22(28)24-12-15-26-13-10-23(11-14-26)8-6-5-7-9-23/h18H,5-17H2,1-4H3,(H,24,28). The molecule has 0 bridgehead atoms. The molecule has 0 aromatic carbocycles. The zero-order valence-electron chi connectivity index (χ0n) is 18.5. The summed E-state index contributed by atoms with van der Waals surface area (Å²) in [7, 11) is 0. The highest BCUT2D eigenvalue weighted by atomic mass is 16.1. The Hall–Kier alpha value is -1.36. The number of piperidine rings is 1. The second-order valence-electron chi connectivity index (χ2n) is 9.65.